The summed E-state index contributed by atoms with van der Waals surface area (Å²) in [7, 11) is 0. The second kappa shape index (κ2) is 7.47. The minimum absolute atomic E-state index is 0.0173. The predicted octanol–water partition coefficient (Wildman–Crippen LogP) is 1.37. The molecule has 1 aliphatic rings. The van der Waals surface area contributed by atoms with Crippen LogP contribution in [0.25, 0.3) is 17.4 Å². The van der Waals surface area contributed by atoms with Crippen LogP contribution in [0.2, 0.25) is 0 Å². The van der Waals surface area contributed by atoms with E-state index in [4.69, 9.17) is 4.42 Å². The van der Waals surface area contributed by atoms with E-state index >= 15 is 0 Å². The fourth-order valence-electron chi connectivity index (χ4n) is 2.91. The Balaban J connectivity index is 1.67. The van der Waals surface area contributed by atoms with Crippen molar-refractivity contribution in [1.29, 1.82) is 0 Å². The standard InChI is InChI=1S/C21H13N3O6/c25-18-16(19(26)24(21(29)23-18)14-5-2-8-22-11-14)10-15-6-7-17(30-15)12-3-1-4-13(9-12)20(27)28/h1-11H,(H,27,28)(H,23,25,29)/p-1/b16-10-. The van der Waals surface area contributed by atoms with Gasteiger partial charge in [-0.05, 0) is 42.0 Å². The molecular formula is C21H12N3O6-. The minimum Gasteiger partial charge on any atom is -0.545 e. The Morgan fingerprint density at radius 3 is 2.67 bits per heavy atom. The van der Waals surface area contributed by atoms with Gasteiger partial charge in [0.25, 0.3) is 11.8 Å². The zero-order valence-electron chi connectivity index (χ0n) is 15.2. The fourth-order valence-corrected chi connectivity index (χ4v) is 2.91. The van der Waals surface area contributed by atoms with Crippen molar-refractivity contribution >= 4 is 35.6 Å². The Bertz CT molecular complexity index is 1210. The van der Waals surface area contributed by atoms with Gasteiger partial charge in [0, 0.05) is 11.8 Å². The second-order valence-corrected chi connectivity index (χ2v) is 6.24. The molecule has 2 aromatic heterocycles. The van der Waals surface area contributed by atoms with Gasteiger partial charge in [0.2, 0.25) is 0 Å². The maximum Gasteiger partial charge on any atom is 0.336 e. The number of carboxylic acids is 1. The molecular weight excluding hydrogens is 390 g/mol. The molecule has 0 aliphatic carbocycles. The summed E-state index contributed by atoms with van der Waals surface area (Å²) in [6.45, 7) is 0. The van der Waals surface area contributed by atoms with Crippen molar-refractivity contribution in [1.82, 2.24) is 10.3 Å². The van der Waals surface area contributed by atoms with Crippen LogP contribution >= 0.6 is 0 Å². The third-order valence-electron chi connectivity index (χ3n) is 4.30. The third-order valence-corrected chi connectivity index (χ3v) is 4.30. The summed E-state index contributed by atoms with van der Waals surface area (Å²) < 4.78 is 5.63. The molecule has 1 N–H and O–H groups in total. The van der Waals surface area contributed by atoms with Crippen LogP contribution in [0, 0.1) is 0 Å². The zero-order chi connectivity index (χ0) is 21.3. The Hall–Kier alpha value is -4.53. The Labute approximate surface area is 169 Å². The van der Waals surface area contributed by atoms with E-state index < -0.39 is 23.8 Å². The van der Waals surface area contributed by atoms with Crippen LogP contribution in [-0.4, -0.2) is 28.8 Å². The number of hydrogen-bond acceptors (Lipinski definition) is 7. The maximum absolute atomic E-state index is 12.8. The number of nitrogens with one attached hydrogen (secondary N) is 1. The van der Waals surface area contributed by atoms with E-state index in [2.05, 4.69) is 10.3 Å². The molecule has 3 aromatic rings. The first-order valence-corrected chi connectivity index (χ1v) is 8.67. The molecule has 1 saturated heterocycles. The van der Waals surface area contributed by atoms with Crippen LogP contribution in [0.1, 0.15) is 16.1 Å². The van der Waals surface area contributed by atoms with Crippen LogP contribution in [0.4, 0.5) is 10.5 Å². The summed E-state index contributed by atoms with van der Waals surface area (Å²) in [5.41, 5.74) is 0.365. The molecule has 30 heavy (non-hydrogen) atoms. The predicted molar refractivity (Wildman–Crippen MR) is 102 cm³/mol. The molecule has 0 bridgehead atoms. The Kier molecular flexibility index (Phi) is 4.69. The number of furan rings is 1. The van der Waals surface area contributed by atoms with Crippen molar-refractivity contribution in [2.45, 2.75) is 0 Å². The quantitative estimate of drug-likeness (QED) is 0.515. The van der Waals surface area contributed by atoms with E-state index in [9.17, 15) is 24.3 Å². The molecule has 0 unspecified atom stereocenters. The first-order chi connectivity index (χ1) is 14.4. The number of carbonyl (C=O) groups is 4. The number of imide groups is 2. The number of carbonyl (C=O) groups excluding carboxylic acids is 4. The maximum atomic E-state index is 12.8. The number of barbiturate groups is 1. The van der Waals surface area contributed by atoms with Gasteiger partial charge < -0.3 is 14.3 Å². The van der Waals surface area contributed by atoms with Gasteiger partial charge in [-0.15, -0.1) is 0 Å². The first-order valence-electron chi connectivity index (χ1n) is 8.67. The van der Waals surface area contributed by atoms with Crippen molar-refractivity contribution in [2.24, 2.45) is 0 Å². The summed E-state index contributed by atoms with van der Waals surface area (Å²) in [5, 5.41) is 13.1. The largest absolute Gasteiger partial charge is 0.545 e. The molecule has 9 nitrogen and oxygen atoms in total. The number of nitrogens with zero attached hydrogens (tertiary/aromatic N) is 2. The van der Waals surface area contributed by atoms with Gasteiger partial charge in [0.1, 0.15) is 17.1 Å². The molecule has 1 aromatic carbocycles. The van der Waals surface area contributed by atoms with Crippen LogP contribution in [0.5, 0.6) is 0 Å². The summed E-state index contributed by atoms with van der Waals surface area (Å²) in [6.07, 6.45) is 4.01. The average molecular weight is 402 g/mol. The van der Waals surface area contributed by atoms with Gasteiger partial charge in [-0.2, -0.15) is 0 Å². The number of amides is 4. The van der Waals surface area contributed by atoms with Crippen molar-refractivity contribution < 1.29 is 28.7 Å². The summed E-state index contributed by atoms with van der Waals surface area (Å²) in [6, 6.07) is 11.2. The minimum atomic E-state index is -1.32. The van der Waals surface area contributed by atoms with Crippen LogP contribution in [0.15, 0.2) is 70.9 Å². The van der Waals surface area contributed by atoms with E-state index in [1.54, 1.807) is 18.2 Å². The van der Waals surface area contributed by atoms with Gasteiger partial charge in [-0.1, -0.05) is 18.2 Å². The number of urea groups is 1. The molecule has 4 amide bonds. The first kappa shape index (κ1) is 18.8. The van der Waals surface area contributed by atoms with Crippen molar-refractivity contribution in [2.75, 3.05) is 4.90 Å². The molecule has 3 heterocycles. The number of rotatable bonds is 4. The monoisotopic (exact) mass is 402 g/mol. The molecule has 148 valence electrons. The lowest BCUT2D eigenvalue weighted by Gasteiger charge is -2.25. The lowest BCUT2D eigenvalue weighted by molar-refractivity contribution is -0.255. The molecule has 0 spiro atoms. The van der Waals surface area contributed by atoms with Gasteiger partial charge in [-0.25, -0.2) is 9.69 Å². The number of aromatic nitrogens is 1. The normalized spacial score (nSPS) is 15.4. The number of anilines is 1. The Morgan fingerprint density at radius 1 is 1.10 bits per heavy atom. The van der Waals surface area contributed by atoms with Crippen LogP contribution in [-0.2, 0) is 9.59 Å². The number of pyridine rings is 1. The summed E-state index contributed by atoms with van der Waals surface area (Å²) >= 11 is 0. The van der Waals surface area contributed by atoms with Gasteiger partial charge >= 0.3 is 6.03 Å². The van der Waals surface area contributed by atoms with Gasteiger partial charge in [-0.3, -0.25) is 19.9 Å². The highest BCUT2D eigenvalue weighted by atomic mass is 16.4. The highest BCUT2D eigenvalue weighted by Gasteiger charge is 2.37. The van der Waals surface area contributed by atoms with E-state index in [1.165, 1.54) is 48.8 Å². The third kappa shape index (κ3) is 3.47. The molecule has 0 atom stereocenters. The zero-order valence-corrected chi connectivity index (χ0v) is 15.2. The second-order valence-electron chi connectivity index (χ2n) is 6.24. The number of benzene rings is 1. The smallest absolute Gasteiger partial charge is 0.336 e. The lowest BCUT2D eigenvalue weighted by atomic mass is 10.1. The Morgan fingerprint density at radius 2 is 1.93 bits per heavy atom. The van der Waals surface area contributed by atoms with Crippen LogP contribution in [0.3, 0.4) is 0 Å². The van der Waals surface area contributed by atoms with E-state index in [1.807, 2.05) is 0 Å². The highest BCUT2D eigenvalue weighted by molar-refractivity contribution is 6.39. The van der Waals surface area contributed by atoms with Gasteiger partial charge in [0.15, 0.2) is 0 Å². The fraction of sp³-hybridized carbons (Fsp3) is 0. The highest BCUT2D eigenvalue weighted by Crippen LogP contribution is 2.26. The summed E-state index contributed by atoms with van der Waals surface area (Å²) in [5.74, 6) is -2.51. The molecule has 1 aliphatic heterocycles. The van der Waals surface area contributed by atoms with Gasteiger partial charge in [0.05, 0.1) is 17.9 Å². The number of aromatic carboxylic acids is 1. The molecule has 1 fully saturated rings. The van der Waals surface area contributed by atoms with E-state index in [-0.39, 0.29) is 22.6 Å². The van der Waals surface area contributed by atoms with E-state index in [0.717, 1.165) is 4.90 Å². The van der Waals surface area contributed by atoms with Crippen LogP contribution < -0.4 is 15.3 Å². The van der Waals surface area contributed by atoms with Crippen molar-refractivity contribution in [3.63, 3.8) is 0 Å². The molecule has 0 saturated carbocycles. The van der Waals surface area contributed by atoms with E-state index in [0.29, 0.717) is 11.3 Å². The number of hydrogen-bond donors (Lipinski definition) is 1. The molecule has 4 rings (SSSR count). The van der Waals surface area contributed by atoms with Crippen molar-refractivity contribution in [3.05, 3.63) is 77.8 Å². The topological polar surface area (TPSA) is 133 Å². The SMILES string of the molecule is O=C1NC(=O)N(c2cccnc2)C(=O)/C1=C\c1ccc(-c2cccc(C(=O)[O-])c2)o1. The summed E-state index contributed by atoms with van der Waals surface area (Å²) in [4.78, 5) is 52.8. The van der Waals surface area contributed by atoms with Crippen molar-refractivity contribution in [3.8, 4) is 11.3 Å². The molecule has 9 heteroatoms. The lowest BCUT2D eigenvalue weighted by Crippen LogP contribution is -2.54. The number of carboxylic acid groups (broad SMARTS) is 1. The average Bonchev–Trinajstić information content (AvgIpc) is 3.21. The molecule has 0 radical (unpaired) electrons.